The highest BCUT2D eigenvalue weighted by atomic mass is 16.6. The lowest BCUT2D eigenvalue weighted by Crippen LogP contribution is -2.83. The van der Waals surface area contributed by atoms with E-state index in [1.807, 2.05) is 13.0 Å². The van der Waals surface area contributed by atoms with Crippen molar-refractivity contribution >= 4 is 11.9 Å². The van der Waals surface area contributed by atoms with Gasteiger partial charge in [0.15, 0.2) is 11.5 Å². The van der Waals surface area contributed by atoms with Crippen LogP contribution in [0, 0.1) is 22.7 Å². The van der Waals surface area contributed by atoms with Gasteiger partial charge in [0.25, 0.3) is 0 Å². The fraction of sp³-hybridized carbons (Fsp3) is 0.771. The summed E-state index contributed by atoms with van der Waals surface area (Å²) in [5.74, 6) is 0.625. The van der Waals surface area contributed by atoms with E-state index in [1.54, 1.807) is 7.11 Å². The van der Waals surface area contributed by atoms with Crippen LogP contribution in [0.2, 0.25) is 0 Å². The third-order valence-corrected chi connectivity index (χ3v) is 13.1. The third kappa shape index (κ3) is 3.97. The Balaban J connectivity index is 1.32. The van der Waals surface area contributed by atoms with Crippen molar-refractivity contribution in [3.8, 4) is 11.5 Å². The lowest BCUT2D eigenvalue weighted by Gasteiger charge is -2.75. The molecule has 5 aliphatic carbocycles. The van der Waals surface area contributed by atoms with Crippen molar-refractivity contribution in [2.75, 3.05) is 20.2 Å². The summed E-state index contributed by atoms with van der Waals surface area (Å²) in [4.78, 5) is 26.7. The second-order valence-electron chi connectivity index (χ2n) is 15.8. The van der Waals surface area contributed by atoms with Gasteiger partial charge in [-0.3, -0.25) is 14.5 Å². The Morgan fingerprint density at radius 2 is 1.84 bits per heavy atom. The van der Waals surface area contributed by atoms with Crippen LogP contribution in [0.4, 0.5) is 0 Å². The molecular formula is C35H49NO7. The zero-order valence-electron chi connectivity index (χ0n) is 26.5. The first-order valence-corrected chi connectivity index (χ1v) is 16.6. The third-order valence-electron chi connectivity index (χ3n) is 13.1. The monoisotopic (exact) mass is 595 g/mol. The molecule has 0 aromatic heterocycles. The molecule has 8 rings (SSSR count). The number of carboxylic acids is 1. The fourth-order valence-electron chi connectivity index (χ4n) is 10.4. The topological polar surface area (TPSA) is 106 Å². The number of nitrogens with zero attached hydrogens (tertiary/aromatic N) is 1. The van der Waals surface area contributed by atoms with Gasteiger partial charge in [-0.2, -0.15) is 0 Å². The average molecular weight is 596 g/mol. The summed E-state index contributed by atoms with van der Waals surface area (Å²) in [7, 11) is 1.80. The molecule has 5 fully saturated rings. The summed E-state index contributed by atoms with van der Waals surface area (Å²) < 4.78 is 19.8. The van der Waals surface area contributed by atoms with E-state index < -0.39 is 17.2 Å². The SMILES string of the molecule is CO[C@]12CCC3(C[C@@H]1[C@](C)(O)C(C)(C)C)[C@H]1Cc4ccc(OC(=O)CCCCC(=O)O)c5c4[C@@]3(CCN1CC1CC1)[C@H]2O5. The first-order chi connectivity index (χ1) is 20.3. The normalized spacial score (nSPS) is 36.9. The number of carbonyl (C=O) groups is 2. The Morgan fingerprint density at radius 1 is 1.09 bits per heavy atom. The van der Waals surface area contributed by atoms with Gasteiger partial charge >= 0.3 is 11.9 Å². The number of carbonyl (C=O) groups excluding carboxylic acids is 1. The number of carboxylic acid groups (broad SMARTS) is 1. The van der Waals surface area contributed by atoms with Crippen molar-refractivity contribution in [3.63, 3.8) is 0 Å². The maximum Gasteiger partial charge on any atom is 0.311 e. The van der Waals surface area contributed by atoms with Crippen molar-refractivity contribution in [2.24, 2.45) is 22.7 Å². The number of aliphatic hydroxyl groups is 1. The number of unbranched alkanes of at least 4 members (excludes halogenated alkanes) is 1. The Bertz CT molecular complexity index is 1330. The summed E-state index contributed by atoms with van der Waals surface area (Å²) in [5.41, 5.74) is 0.176. The van der Waals surface area contributed by atoms with Crippen molar-refractivity contribution in [2.45, 2.75) is 127 Å². The number of ether oxygens (including phenoxy) is 3. The van der Waals surface area contributed by atoms with Crippen LogP contribution in [0.25, 0.3) is 0 Å². The minimum absolute atomic E-state index is 0.0459. The molecule has 1 aromatic rings. The van der Waals surface area contributed by atoms with Gasteiger partial charge in [-0.1, -0.05) is 26.8 Å². The van der Waals surface area contributed by atoms with Gasteiger partial charge in [0.05, 0.1) is 5.60 Å². The van der Waals surface area contributed by atoms with Crippen LogP contribution in [0.1, 0.15) is 103 Å². The van der Waals surface area contributed by atoms with E-state index >= 15 is 0 Å². The molecule has 1 aromatic carbocycles. The number of likely N-dealkylation sites (tertiary alicyclic amines) is 1. The zero-order chi connectivity index (χ0) is 30.6. The standard InChI is InChI=1S/C35H49NO7/c1-31(2,3)32(4,40)24-19-33-14-15-35(24,41-5)30-34(33)16-17-36(20-21-10-11-21)25(33)18-22-12-13-23(29(43-30)28(22)34)42-27(39)9-7-6-8-26(37)38/h12-13,21,24-25,30,40H,6-11,14-20H2,1-5H3,(H,37,38)/t24-,25-,30-,32+,33?,34+,35-/m1/s1. The second kappa shape index (κ2) is 9.67. The highest BCUT2D eigenvalue weighted by Gasteiger charge is 2.82. The Kier molecular flexibility index (Phi) is 6.64. The van der Waals surface area contributed by atoms with E-state index in [2.05, 4.69) is 31.7 Å². The van der Waals surface area contributed by atoms with Crippen LogP contribution in [0.5, 0.6) is 11.5 Å². The van der Waals surface area contributed by atoms with Crippen molar-refractivity contribution in [1.82, 2.24) is 4.90 Å². The van der Waals surface area contributed by atoms with Crippen LogP contribution < -0.4 is 9.47 Å². The molecule has 1 saturated heterocycles. The Labute approximate surface area is 255 Å². The number of rotatable bonds is 10. The minimum Gasteiger partial charge on any atom is -0.482 e. The van der Waals surface area contributed by atoms with Crippen LogP contribution in [-0.4, -0.2) is 70.6 Å². The van der Waals surface area contributed by atoms with Gasteiger partial charge in [0.1, 0.15) is 11.7 Å². The fourth-order valence-corrected chi connectivity index (χ4v) is 10.4. The number of hydrogen-bond donors (Lipinski definition) is 2. The number of piperidine rings is 1. The van der Waals surface area contributed by atoms with Crippen LogP contribution >= 0.6 is 0 Å². The summed E-state index contributed by atoms with van der Waals surface area (Å²) >= 11 is 0. The average Bonchev–Trinajstić information content (AvgIpc) is 3.69. The molecule has 7 atom stereocenters. The molecule has 8 nitrogen and oxygen atoms in total. The first kappa shape index (κ1) is 29.5. The van der Waals surface area contributed by atoms with Gasteiger partial charge in [-0.15, -0.1) is 0 Å². The molecule has 2 heterocycles. The molecule has 2 N–H and O–H groups in total. The second-order valence-corrected chi connectivity index (χ2v) is 15.8. The Morgan fingerprint density at radius 3 is 2.51 bits per heavy atom. The van der Waals surface area contributed by atoms with Gasteiger partial charge in [0.2, 0.25) is 0 Å². The molecule has 236 valence electrons. The molecule has 0 radical (unpaired) electrons. The Hall–Kier alpha value is -2.16. The highest BCUT2D eigenvalue weighted by Crippen LogP contribution is 2.78. The largest absolute Gasteiger partial charge is 0.482 e. The smallest absolute Gasteiger partial charge is 0.311 e. The predicted molar refractivity (Wildman–Crippen MR) is 160 cm³/mol. The molecule has 1 unspecified atom stereocenters. The first-order valence-electron chi connectivity index (χ1n) is 16.6. The molecular weight excluding hydrogens is 546 g/mol. The number of hydrogen-bond acceptors (Lipinski definition) is 7. The molecule has 43 heavy (non-hydrogen) atoms. The predicted octanol–water partition coefficient (Wildman–Crippen LogP) is 5.26. The lowest BCUT2D eigenvalue weighted by atomic mass is 9.33. The van der Waals surface area contributed by atoms with E-state index in [0.29, 0.717) is 30.4 Å². The molecule has 4 saturated carbocycles. The number of methoxy groups -OCH3 is 1. The molecule has 7 aliphatic rings. The molecule has 0 amide bonds. The molecule has 4 bridgehead atoms. The van der Waals surface area contributed by atoms with E-state index in [4.69, 9.17) is 19.3 Å². The lowest BCUT2D eigenvalue weighted by molar-refractivity contribution is -0.312. The molecule has 2 aliphatic heterocycles. The number of benzene rings is 1. The van der Waals surface area contributed by atoms with E-state index in [-0.39, 0.29) is 47.1 Å². The highest BCUT2D eigenvalue weighted by molar-refractivity contribution is 5.75. The minimum atomic E-state index is -0.989. The van der Waals surface area contributed by atoms with Crippen molar-refractivity contribution < 1.29 is 34.0 Å². The van der Waals surface area contributed by atoms with Crippen LogP contribution in [-0.2, 0) is 26.2 Å². The summed E-state index contributed by atoms with van der Waals surface area (Å²) in [5, 5.41) is 21.3. The van der Waals surface area contributed by atoms with E-state index in [9.17, 15) is 14.7 Å². The molecule has 2 spiro atoms. The summed E-state index contributed by atoms with van der Waals surface area (Å²) in [6, 6.07) is 4.44. The van der Waals surface area contributed by atoms with E-state index in [0.717, 1.165) is 51.1 Å². The van der Waals surface area contributed by atoms with Gasteiger partial charge in [-0.25, -0.2) is 0 Å². The van der Waals surface area contributed by atoms with Gasteiger partial charge in [-0.05, 0) is 94.2 Å². The quantitative estimate of drug-likeness (QED) is 0.215. The van der Waals surface area contributed by atoms with Crippen molar-refractivity contribution in [3.05, 3.63) is 23.3 Å². The maximum atomic E-state index is 13.0. The van der Waals surface area contributed by atoms with Gasteiger partial charge < -0.3 is 24.4 Å². The maximum absolute atomic E-state index is 13.0. The van der Waals surface area contributed by atoms with Crippen molar-refractivity contribution in [1.29, 1.82) is 0 Å². The zero-order valence-corrected chi connectivity index (χ0v) is 26.5. The number of aliphatic carboxylic acids is 1. The summed E-state index contributed by atoms with van der Waals surface area (Å²) in [6.45, 7) is 10.6. The molecule has 8 heteroatoms. The van der Waals surface area contributed by atoms with Crippen LogP contribution in [0.3, 0.4) is 0 Å². The van der Waals surface area contributed by atoms with E-state index in [1.165, 1.54) is 24.0 Å². The van der Waals surface area contributed by atoms with Gasteiger partial charge in [0, 0.05) is 54.8 Å². The summed E-state index contributed by atoms with van der Waals surface area (Å²) in [6.07, 6.45) is 8.18. The number of fused-ring (bicyclic) bond motifs is 2. The number of esters is 1. The van der Waals surface area contributed by atoms with Crippen LogP contribution in [0.15, 0.2) is 12.1 Å².